The quantitative estimate of drug-likeness (QED) is 0.667. The van der Waals surface area contributed by atoms with Gasteiger partial charge in [0, 0.05) is 0 Å². The van der Waals surface area contributed by atoms with Gasteiger partial charge in [-0.3, -0.25) is 4.79 Å². The second kappa shape index (κ2) is 9.96. The number of nitrogens with one attached hydrogen (secondary N) is 1. The van der Waals surface area contributed by atoms with E-state index in [0.717, 1.165) is 11.1 Å². The van der Waals surface area contributed by atoms with Crippen molar-refractivity contribution in [1.29, 1.82) is 0 Å². The molecule has 0 aliphatic heterocycles. The third kappa shape index (κ3) is 6.24. The van der Waals surface area contributed by atoms with Crippen LogP contribution >= 0.6 is 0 Å². The van der Waals surface area contributed by atoms with E-state index in [2.05, 4.69) is 19.2 Å². The fraction of sp³-hybridized carbons (Fsp3) is 0.391. The van der Waals surface area contributed by atoms with Crippen LogP contribution in [0.3, 0.4) is 0 Å². The zero-order valence-corrected chi connectivity index (χ0v) is 17.9. The summed E-state index contributed by atoms with van der Waals surface area (Å²) in [5.41, 5.74) is 3.83. The van der Waals surface area contributed by atoms with E-state index >= 15 is 0 Å². The van der Waals surface area contributed by atoms with Crippen LogP contribution < -0.4 is 14.8 Å². The van der Waals surface area contributed by atoms with E-state index in [1.165, 1.54) is 19.6 Å². The molecular weight excluding hydrogens is 370 g/mol. The van der Waals surface area contributed by atoms with Crippen molar-refractivity contribution in [3.63, 3.8) is 0 Å². The van der Waals surface area contributed by atoms with Gasteiger partial charge in [-0.2, -0.15) is 0 Å². The van der Waals surface area contributed by atoms with Gasteiger partial charge in [0.05, 0.1) is 12.8 Å². The van der Waals surface area contributed by atoms with Gasteiger partial charge in [-0.05, 0) is 67.6 Å². The molecule has 0 spiro atoms. The van der Waals surface area contributed by atoms with Crippen molar-refractivity contribution in [2.24, 2.45) is 0 Å². The molecule has 2 aromatic rings. The first kappa shape index (κ1) is 22.3. The monoisotopic (exact) mass is 399 g/mol. The molecule has 156 valence electrons. The fourth-order valence-electron chi connectivity index (χ4n) is 2.97. The van der Waals surface area contributed by atoms with E-state index in [0.29, 0.717) is 23.1 Å². The minimum atomic E-state index is -0.971. The number of aryl methyl sites for hydroxylation is 2. The summed E-state index contributed by atoms with van der Waals surface area (Å²) in [6.45, 7) is 9.40. The number of rotatable bonds is 8. The Balaban J connectivity index is 1.89. The van der Waals surface area contributed by atoms with E-state index in [1.807, 2.05) is 38.1 Å². The van der Waals surface area contributed by atoms with Gasteiger partial charge in [-0.1, -0.05) is 26.0 Å². The molecule has 0 bridgehead atoms. The lowest BCUT2D eigenvalue weighted by molar-refractivity contribution is -0.155. The van der Waals surface area contributed by atoms with E-state index in [1.54, 1.807) is 12.1 Å². The van der Waals surface area contributed by atoms with Crippen LogP contribution in [0.1, 0.15) is 43.4 Å². The summed E-state index contributed by atoms with van der Waals surface area (Å²) in [7, 11) is 1.52. The molecule has 0 aliphatic rings. The Morgan fingerprint density at radius 3 is 2.38 bits per heavy atom. The van der Waals surface area contributed by atoms with Gasteiger partial charge >= 0.3 is 5.97 Å². The molecule has 6 nitrogen and oxygen atoms in total. The molecule has 1 amide bonds. The van der Waals surface area contributed by atoms with Crippen LogP contribution in [0.5, 0.6) is 11.5 Å². The molecule has 0 saturated carbocycles. The van der Waals surface area contributed by atoms with E-state index in [4.69, 9.17) is 14.2 Å². The summed E-state index contributed by atoms with van der Waals surface area (Å²) in [6, 6.07) is 11.1. The topological polar surface area (TPSA) is 73.9 Å². The summed E-state index contributed by atoms with van der Waals surface area (Å²) < 4.78 is 15.9. The van der Waals surface area contributed by atoms with Crippen LogP contribution in [0.25, 0.3) is 0 Å². The highest BCUT2D eigenvalue weighted by molar-refractivity contribution is 5.96. The maximum Gasteiger partial charge on any atom is 0.344 e. The van der Waals surface area contributed by atoms with E-state index in [9.17, 15) is 9.59 Å². The largest absolute Gasteiger partial charge is 0.495 e. The molecule has 29 heavy (non-hydrogen) atoms. The molecule has 0 heterocycles. The molecule has 2 aromatic carbocycles. The number of amides is 1. The van der Waals surface area contributed by atoms with Crippen molar-refractivity contribution in [2.45, 2.75) is 46.6 Å². The molecule has 0 aromatic heterocycles. The zero-order valence-electron chi connectivity index (χ0n) is 17.9. The molecule has 0 aliphatic carbocycles. The van der Waals surface area contributed by atoms with Crippen LogP contribution in [-0.4, -0.2) is 31.7 Å². The summed E-state index contributed by atoms with van der Waals surface area (Å²) >= 11 is 0. The van der Waals surface area contributed by atoms with Crippen LogP contribution in [0, 0.1) is 13.8 Å². The zero-order chi connectivity index (χ0) is 21.6. The Labute approximate surface area is 172 Å². The number of carbonyl (C=O) groups excluding carboxylic acids is 2. The number of methoxy groups -OCH3 is 1. The lowest BCUT2D eigenvalue weighted by atomic mass is 9.98. The smallest absolute Gasteiger partial charge is 0.344 e. The molecule has 2 rings (SSSR count). The van der Waals surface area contributed by atoms with Crippen LogP contribution in [0.4, 0.5) is 5.69 Å². The third-order valence-corrected chi connectivity index (χ3v) is 4.51. The Hall–Kier alpha value is -3.02. The first-order valence-corrected chi connectivity index (χ1v) is 9.59. The predicted octanol–water partition coefficient (Wildman–Crippen LogP) is 4.38. The molecule has 0 unspecified atom stereocenters. The second-order valence-electron chi connectivity index (χ2n) is 7.29. The number of hydrogen-bond donors (Lipinski definition) is 1. The first-order valence-electron chi connectivity index (χ1n) is 9.59. The van der Waals surface area contributed by atoms with Gasteiger partial charge in [0.1, 0.15) is 11.5 Å². The molecular formula is C23H29NO5. The molecule has 0 radical (unpaired) electrons. The average molecular weight is 399 g/mol. The highest BCUT2D eigenvalue weighted by Gasteiger charge is 2.20. The number of hydrogen-bond acceptors (Lipinski definition) is 5. The minimum Gasteiger partial charge on any atom is -0.495 e. The Kier molecular flexibility index (Phi) is 7.65. The molecule has 6 heteroatoms. The third-order valence-electron chi connectivity index (χ3n) is 4.51. The summed E-state index contributed by atoms with van der Waals surface area (Å²) in [5, 5.41) is 2.72. The normalized spacial score (nSPS) is 11.7. The van der Waals surface area contributed by atoms with Gasteiger partial charge in [0.15, 0.2) is 12.7 Å². The van der Waals surface area contributed by atoms with Crippen LogP contribution in [0.15, 0.2) is 36.4 Å². The van der Waals surface area contributed by atoms with Crippen molar-refractivity contribution >= 4 is 17.6 Å². The predicted molar refractivity (Wildman–Crippen MR) is 113 cm³/mol. The van der Waals surface area contributed by atoms with Gasteiger partial charge < -0.3 is 19.5 Å². The maximum atomic E-state index is 12.4. The van der Waals surface area contributed by atoms with E-state index < -0.39 is 18.0 Å². The lowest BCUT2D eigenvalue weighted by Gasteiger charge is -2.16. The maximum absolute atomic E-state index is 12.4. The number of esters is 1. The van der Waals surface area contributed by atoms with Gasteiger partial charge in [-0.25, -0.2) is 4.79 Å². The van der Waals surface area contributed by atoms with Crippen LogP contribution in [-0.2, 0) is 14.3 Å². The van der Waals surface area contributed by atoms with Crippen LogP contribution in [0.2, 0.25) is 0 Å². The Morgan fingerprint density at radius 1 is 1.03 bits per heavy atom. The van der Waals surface area contributed by atoms with E-state index in [-0.39, 0.29) is 6.61 Å². The fourth-order valence-corrected chi connectivity index (χ4v) is 2.97. The molecule has 0 saturated heterocycles. The lowest BCUT2D eigenvalue weighted by Crippen LogP contribution is -2.31. The number of carbonyl (C=O) groups is 2. The summed E-state index contributed by atoms with van der Waals surface area (Å²) in [6.07, 6.45) is -0.971. The first-order chi connectivity index (χ1) is 13.7. The molecule has 1 atom stereocenters. The van der Waals surface area contributed by atoms with Crippen molar-refractivity contribution < 1.29 is 23.8 Å². The SMILES string of the molecule is COc1ccc(C)cc1NC(=O)[C@H](C)OC(=O)COc1ccc(C(C)C)c(C)c1. The Bertz CT molecular complexity index is 876. The van der Waals surface area contributed by atoms with Crippen molar-refractivity contribution in [3.8, 4) is 11.5 Å². The van der Waals surface area contributed by atoms with Gasteiger partial charge in [-0.15, -0.1) is 0 Å². The highest BCUT2D eigenvalue weighted by Crippen LogP contribution is 2.26. The summed E-state index contributed by atoms with van der Waals surface area (Å²) in [4.78, 5) is 24.4. The van der Waals surface area contributed by atoms with Crippen molar-refractivity contribution in [3.05, 3.63) is 53.1 Å². The standard InChI is InChI=1S/C23H29NO5/c1-14(2)19-9-8-18(12-16(19)4)28-13-22(25)29-17(5)23(26)24-20-11-15(3)7-10-21(20)27-6/h7-12,14,17H,13H2,1-6H3,(H,24,26)/t17-/m0/s1. The van der Waals surface area contributed by atoms with Crippen molar-refractivity contribution in [1.82, 2.24) is 0 Å². The summed E-state index contributed by atoms with van der Waals surface area (Å²) in [5.74, 6) is 0.478. The second-order valence-corrected chi connectivity index (χ2v) is 7.29. The Morgan fingerprint density at radius 2 is 1.76 bits per heavy atom. The molecule has 0 fully saturated rings. The van der Waals surface area contributed by atoms with Gasteiger partial charge in [0.25, 0.3) is 5.91 Å². The number of benzene rings is 2. The average Bonchev–Trinajstić information content (AvgIpc) is 2.66. The van der Waals surface area contributed by atoms with Gasteiger partial charge in [0.2, 0.25) is 0 Å². The minimum absolute atomic E-state index is 0.272. The number of ether oxygens (including phenoxy) is 3. The number of anilines is 1. The highest BCUT2D eigenvalue weighted by atomic mass is 16.6. The van der Waals surface area contributed by atoms with Crippen molar-refractivity contribution in [2.75, 3.05) is 19.0 Å². The molecule has 1 N–H and O–H groups in total.